The third-order valence-electron chi connectivity index (χ3n) is 2.07. The average Bonchev–Trinajstić information content (AvgIpc) is 2.25. The largest absolute Gasteiger partial charge is 0.444 e. The topological polar surface area (TPSA) is 67.8 Å². The molecule has 0 fully saturated rings. The van der Waals surface area contributed by atoms with Crippen LogP contribution in [0.3, 0.4) is 0 Å². The highest BCUT2D eigenvalue weighted by atomic mass is 16.6. The van der Waals surface area contributed by atoms with Crippen molar-refractivity contribution >= 4 is 6.09 Å². The van der Waals surface area contributed by atoms with Crippen molar-refractivity contribution < 1.29 is 9.53 Å². The molecule has 0 heterocycles. The summed E-state index contributed by atoms with van der Waals surface area (Å²) in [7, 11) is 0. The lowest BCUT2D eigenvalue weighted by Crippen LogP contribution is -2.32. The van der Waals surface area contributed by atoms with Crippen molar-refractivity contribution in [3.63, 3.8) is 0 Å². The van der Waals surface area contributed by atoms with Crippen molar-refractivity contribution in [3.05, 3.63) is 40.3 Å². The molecule has 1 aromatic rings. The number of amides is 1. The Kier molecular flexibility index (Phi) is 4.83. The Morgan fingerprint density at radius 2 is 2.00 bits per heavy atom. The Morgan fingerprint density at radius 1 is 1.33 bits per heavy atom. The van der Waals surface area contributed by atoms with Gasteiger partial charge < -0.3 is 10.1 Å². The van der Waals surface area contributed by atoms with Crippen LogP contribution in [0, 0.1) is 4.91 Å². The van der Waals surface area contributed by atoms with E-state index in [4.69, 9.17) is 4.74 Å². The number of carbonyl (C=O) groups is 1. The summed E-state index contributed by atoms with van der Waals surface area (Å²) in [6.45, 7) is 5.93. The number of carbonyl (C=O) groups excluding carboxylic acids is 1. The first-order valence-electron chi connectivity index (χ1n) is 5.74. The molecule has 1 amide bonds. The standard InChI is InChI=1S/C13H18N2O3/c1-13(2,3)18-12(16)14-8-10-5-4-6-11(7-10)9-15-17/h4-7H,8-9H2,1-3H3,(H,14,16). The van der Waals surface area contributed by atoms with Gasteiger partial charge in [-0.2, -0.15) is 4.91 Å². The maximum absolute atomic E-state index is 11.4. The van der Waals surface area contributed by atoms with E-state index in [9.17, 15) is 9.70 Å². The van der Waals surface area contributed by atoms with Crippen LogP contribution in [-0.2, 0) is 17.8 Å². The molecule has 0 bridgehead atoms. The fourth-order valence-corrected chi connectivity index (χ4v) is 1.40. The number of hydrogen-bond acceptors (Lipinski definition) is 4. The van der Waals surface area contributed by atoms with Gasteiger partial charge in [-0.3, -0.25) is 0 Å². The number of hydrogen-bond donors (Lipinski definition) is 1. The summed E-state index contributed by atoms with van der Waals surface area (Å²) in [4.78, 5) is 21.6. The SMILES string of the molecule is CC(C)(C)OC(=O)NCc1cccc(CN=O)c1. The van der Waals surface area contributed by atoms with Crippen molar-refractivity contribution in [2.24, 2.45) is 5.18 Å². The minimum absolute atomic E-state index is 0.139. The van der Waals surface area contributed by atoms with Gasteiger partial charge in [0.15, 0.2) is 0 Å². The van der Waals surface area contributed by atoms with Crippen molar-refractivity contribution in [1.82, 2.24) is 5.32 Å². The van der Waals surface area contributed by atoms with E-state index in [1.807, 2.05) is 45.0 Å². The highest BCUT2D eigenvalue weighted by molar-refractivity contribution is 5.67. The van der Waals surface area contributed by atoms with Gasteiger partial charge in [0, 0.05) is 6.54 Å². The van der Waals surface area contributed by atoms with Crippen molar-refractivity contribution in [1.29, 1.82) is 0 Å². The van der Waals surface area contributed by atoms with Crippen LogP contribution in [-0.4, -0.2) is 11.7 Å². The van der Waals surface area contributed by atoms with E-state index >= 15 is 0 Å². The Hall–Kier alpha value is -1.91. The summed E-state index contributed by atoms with van der Waals surface area (Å²) < 4.78 is 5.12. The zero-order valence-electron chi connectivity index (χ0n) is 10.9. The van der Waals surface area contributed by atoms with E-state index in [1.165, 1.54) is 0 Å². The summed E-state index contributed by atoms with van der Waals surface area (Å²) in [5, 5.41) is 5.48. The van der Waals surface area contributed by atoms with E-state index in [0.29, 0.717) is 6.54 Å². The van der Waals surface area contributed by atoms with Crippen LogP contribution in [0.5, 0.6) is 0 Å². The van der Waals surface area contributed by atoms with Gasteiger partial charge in [0.2, 0.25) is 0 Å². The lowest BCUT2D eigenvalue weighted by molar-refractivity contribution is 0.0523. The van der Waals surface area contributed by atoms with Gasteiger partial charge in [0.25, 0.3) is 0 Å². The molecule has 0 radical (unpaired) electrons. The minimum atomic E-state index is -0.507. The van der Waals surface area contributed by atoms with Crippen LogP contribution in [0.25, 0.3) is 0 Å². The second-order valence-electron chi connectivity index (χ2n) is 4.96. The van der Waals surface area contributed by atoms with Gasteiger partial charge in [-0.1, -0.05) is 29.4 Å². The Labute approximate surface area is 107 Å². The molecule has 0 aliphatic rings. The van der Waals surface area contributed by atoms with Gasteiger partial charge in [0.05, 0.1) is 0 Å². The zero-order valence-corrected chi connectivity index (χ0v) is 10.9. The van der Waals surface area contributed by atoms with Gasteiger partial charge in [-0.15, -0.1) is 0 Å². The third kappa shape index (κ3) is 5.43. The maximum Gasteiger partial charge on any atom is 0.407 e. The first-order chi connectivity index (χ1) is 8.40. The molecule has 0 unspecified atom stereocenters. The molecule has 5 heteroatoms. The molecule has 18 heavy (non-hydrogen) atoms. The number of alkyl carbamates (subject to hydrolysis) is 1. The van der Waals surface area contributed by atoms with Crippen LogP contribution in [0.2, 0.25) is 0 Å². The van der Waals surface area contributed by atoms with Crippen molar-refractivity contribution in [3.8, 4) is 0 Å². The summed E-state index contributed by atoms with van der Waals surface area (Å²) in [6.07, 6.45) is -0.457. The molecule has 0 aromatic heterocycles. The van der Waals surface area contributed by atoms with Crippen LogP contribution in [0.4, 0.5) is 4.79 Å². The number of ether oxygens (including phenoxy) is 1. The number of nitrogens with zero attached hydrogens (tertiary/aromatic N) is 1. The molecule has 1 aromatic carbocycles. The summed E-state index contributed by atoms with van der Waals surface area (Å²) in [6, 6.07) is 7.34. The predicted octanol–water partition coefficient (Wildman–Crippen LogP) is 2.98. The first kappa shape index (κ1) is 14.2. The van der Waals surface area contributed by atoms with Crippen LogP contribution in [0.1, 0.15) is 31.9 Å². The van der Waals surface area contributed by atoms with Crippen molar-refractivity contribution in [2.75, 3.05) is 0 Å². The average molecular weight is 250 g/mol. The quantitative estimate of drug-likeness (QED) is 0.835. The number of nitroso groups, excluding NO2 is 1. The third-order valence-corrected chi connectivity index (χ3v) is 2.07. The molecular formula is C13H18N2O3. The summed E-state index contributed by atoms with van der Waals surface area (Å²) >= 11 is 0. The fourth-order valence-electron chi connectivity index (χ4n) is 1.40. The Morgan fingerprint density at radius 3 is 2.61 bits per heavy atom. The highest BCUT2D eigenvalue weighted by Gasteiger charge is 2.15. The fraction of sp³-hybridized carbons (Fsp3) is 0.462. The van der Waals surface area contributed by atoms with E-state index in [0.717, 1.165) is 11.1 Å². The summed E-state index contributed by atoms with van der Waals surface area (Å²) in [5.74, 6) is 0. The van der Waals surface area contributed by atoms with Gasteiger partial charge in [0.1, 0.15) is 12.1 Å². The molecule has 0 saturated heterocycles. The van der Waals surface area contributed by atoms with E-state index < -0.39 is 11.7 Å². The smallest absolute Gasteiger partial charge is 0.407 e. The highest BCUT2D eigenvalue weighted by Crippen LogP contribution is 2.08. The molecule has 0 aliphatic carbocycles. The van der Waals surface area contributed by atoms with E-state index in [-0.39, 0.29) is 6.54 Å². The lowest BCUT2D eigenvalue weighted by atomic mass is 10.1. The van der Waals surface area contributed by atoms with Crippen molar-refractivity contribution in [2.45, 2.75) is 39.5 Å². The van der Waals surface area contributed by atoms with Crippen LogP contribution in [0.15, 0.2) is 29.4 Å². The van der Waals surface area contributed by atoms with E-state index in [1.54, 1.807) is 0 Å². The minimum Gasteiger partial charge on any atom is -0.444 e. The van der Waals surface area contributed by atoms with Gasteiger partial charge in [-0.05, 0) is 31.9 Å². The normalized spacial score (nSPS) is 10.8. The summed E-state index contributed by atoms with van der Waals surface area (Å²) in [5.41, 5.74) is 1.23. The molecule has 1 rings (SSSR count). The Balaban J connectivity index is 2.50. The molecule has 98 valence electrons. The molecule has 0 spiro atoms. The predicted molar refractivity (Wildman–Crippen MR) is 69.0 cm³/mol. The molecule has 5 nitrogen and oxygen atoms in total. The second-order valence-corrected chi connectivity index (χ2v) is 4.96. The molecule has 0 aliphatic heterocycles. The van der Waals surface area contributed by atoms with E-state index in [2.05, 4.69) is 10.5 Å². The monoisotopic (exact) mass is 250 g/mol. The van der Waals surface area contributed by atoms with Gasteiger partial charge in [-0.25, -0.2) is 4.79 Å². The Bertz CT molecular complexity index is 424. The molecule has 1 N–H and O–H groups in total. The first-order valence-corrected chi connectivity index (χ1v) is 5.74. The maximum atomic E-state index is 11.4. The lowest BCUT2D eigenvalue weighted by Gasteiger charge is -2.19. The number of nitrogens with one attached hydrogen (secondary N) is 1. The molecular weight excluding hydrogens is 232 g/mol. The molecule has 0 atom stereocenters. The number of rotatable bonds is 4. The molecule has 0 saturated carbocycles. The number of benzene rings is 1. The van der Waals surface area contributed by atoms with Gasteiger partial charge >= 0.3 is 6.09 Å². The van der Waals surface area contributed by atoms with Crippen LogP contribution >= 0.6 is 0 Å². The second kappa shape index (κ2) is 6.14. The van der Waals surface area contributed by atoms with Crippen LogP contribution < -0.4 is 5.32 Å². The zero-order chi connectivity index (χ0) is 13.6.